The minimum Gasteiger partial charge on any atom is -0.460 e. The number of aliphatic hydroxyl groups excluding tert-OH is 1. The van der Waals surface area contributed by atoms with E-state index in [0.717, 1.165) is 24.8 Å². The number of fused-ring (bicyclic) bond motifs is 3. The summed E-state index contributed by atoms with van der Waals surface area (Å²) in [6.07, 6.45) is 13.7. The Morgan fingerprint density at radius 2 is 1.58 bits per heavy atom. The number of nitrogens with zero attached hydrogens (tertiary/aromatic N) is 1. The van der Waals surface area contributed by atoms with Crippen molar-refractivity contribution in [3.8, 4) is 0 Å². The van der Waals surface area contributed by atoms with Gasteiger partial charge >= 0.3 is 5.97 Å². The minimum atomic E-state index is -2.41. The number of amides is 1. The number of esters is 1. The molecule has 0 radical (unpaired) electrons. The molecule has 1 amide bonds. The van der Waals surface area contributed by atoms with E-state index in [4.69, 9.17) is 23.7 Å². The van der Waals surface area contributed by atoms with Gasteiger partial charge in [0.1, 0.15) is 18.2 Å². The Labute approximate surface area is 388 Å². The molecule has 13 heteroatoms. The Kier molecular flexibility index (Phi) is 21.0. The van der Waals surface area contributed by atoms with Crippen molar-refractivity contribution in [2.45, 2.75) is 181 Å². The van der Waals surface area contributed by atoms with Crippen molar-refractivity contribution in [3.63, 3.8) is 0 Å². The number of Topliss-reactive ketones (excluding diaryl/α,β-unsaturated/α-hetero) is 3. The van der Waals surface area contributed by atoms with Crippen molar-refractivity contribution >= 4 is 29.2 Å². The smallest absolute Gasteiger partial charge is 0.329 e. The number of allylic oxidation sites excluding steroid dienone is 6. The zero-order valence-corrected chi connectivity index (χ0v) is 41.2. The van der Waals surface area contributed by atoms with Gasteiger partial charge in [-0.1, -0.05) is 78.0 Å². The normalized spacial score (nSPS) is 37.8. The van der Waals surface area contributed by atoms with Crippen molar-refractivity contribution in [1.29, 1.82) is 0 Å². The third-order valence-corrected chi connectivity index (χ3v) is 14.9. The van der Waals surface area contributed by atoms with Crippen LogP contribution in [0.3, 0.4) is 0 Å². The van der Waals surface area contributed by atoms with E-state index in [0.29, 0.717) is 56.4 Å². The van der Waals surface area contributed by atoms with Crippen LogP contribution in [0.2, 0.25) is 0 Å². The summed E-state index contributed by atoms with van der Waals surface area (Å²) in [6, 6.07) is -1.11. The molecule has 13 nitrogen and oxygen atoms in total. The van der Waals surface area contributed by atoms with Crippen LogP contribution in [0, 0.1) is 41.4 Å². The molecule has 2 bridgehead atoms. The fourth-order valence-corrected chi connectivity index (χ4v) is 10.4. The van der Waals surface area contributed by atoms with Gasteiger partial charge in [-0.05, 0) is 113 Å². The topological polar surface area (TPSA) is 175 Å². The molecular weight excluding hydrogens is 831 g/mol. The molecule has 3 heterocycles. The van der Waals surface area contributed by atoms with Crippen molar-refractivity contribution in [1.82, 2.24) is 4.90 Å². The molecule has 1 aliphatic carbocycles. The number of hydrogen-bond donors (Lipinski definition) is 2. The lowest BCUT2D eigenvalue weighted by molar-refractivity contribution is -0.265. The van der Waals surface area contributed by atoms with E-state index >= 15 is 0 Å². The predicted octanol–water partition coefficient (Wildman–Crippen LogP) is 7.46. The van der Waals surface area contributed by atoms with Crippen LogP contribution in [-0.4, -0.2) is 121 Å². The van der Waals surface area contributed by atoms with Gasteiger partial charge in [-0.15, -0.1) is 0 Å². The first-order valence-electron chi connectivity index (χ1n) is 24.2. The molecule has 3 fully saturated rings. The van der Waals surface area contributed by atoms with Crippen molar-refractivity contribution in [2.24, 2.45) is 41.4 Å². The predicted molar refractivity (Wildman–Crippen MR) is 248 cm³/mol. The standard InChI is InChI=1S/C52H81NO12/c1-31-17-13-12-14-18-32(2)44(62-10)29-40-23-21-38(8)52(60,65-40)49(57)50(58)53-24-16-15-19-41(53)51(59)64-45(35(5)27-39-22-20-33(3)43(28-39)61-9)30-42(54)34(4)26-37(7)47(56)48(63-11)46(55)36(6)25-31/h12-14,17-18,26,31,33,35-41,43-45,47-48,56,60H,15-16,19-25,27-30H2,1-11H3/t31-,33+,35-,36+,37?,38-,39+,40+,41+,43-,44+,45+,47-,48+,52-/m1/s1. The van der Waals surface area contributed by atoms with Gasteiger partial charge < -0.3 is 38.8 Å². The Morgan fingerprint density at radius 3 is 2.26 bits per heavy atom. The summed E-state index contributed by atoms with van der Waals surface area (Å²) >= 11 is 0. The molecule has 1 saturated carbocycles. The highest BCUT2D eigenvalue weighted by Gasteiger charge is 2.53. The van der Waals surface area contributed by atoms with E-state index in [1.807, 2.05) is 58.1 Å². The summed E-state index contributed by atoms with van der Waals surface area (Å²) in [6.45, 7) is 15.1. The van der Waals surface area contributed by atoms with E-state index in [1.54, 1.807) is 41.1 Å². The highest BCUT2D eigenvalue weighted by Crippen LogP contribution is 2.38. The van der Waals surface area contributed by atoms with Gasteiger partial charge in [0.15, 0.2) is 11.6 Å². The lowest BCUT2D eigenvalue weighted by Gasteiger charge is -2.42. The minimum absolute atomic E-state index is 0.0331. The second-order valence-corrected chi connectivity index (χ2v) is 20.0. The molecule has 0 aromatic carbocycles. The van der Waals surface area contributed by atoms with E-state index in [-0.39, 0.29) is 54.8 Å². The Hall–Kier alpha value is -3.33. The quantitative estimate of drug-likeness (QED) is 0.199. The summed E-state index contributed by atoms with van der Waals surface area (Å²) in [7, 11) is 4.71. The summed E-state index contributed by atoms with van der Waals surface area (Å²) < 4.78 is 29.7. The van der Waals surface area contributed by atoms with Gasteiger partial charge in [-0.25, -0.2) is 4.79 Å². The maximum absolute atomic E-state index is 14.4. The van der Waals surface area contributed by atoms with E-state index in [9.17, 15) is 34.2 Å². The lowest BCUT2D eigenvalue weighted by Crippen LogP contribution is -2.61. The van der Waals surface area contributed by atoms with Gasteiger partial charge in [0.2, 0.25) is 5.79 Å². The molecule has 366 valence electrons. The van der Waals surface area contributed by atoms with Crippen molar-refractivity contribution in [2.75, 3.05) is 27.9 Å². The van der Waals surface area contributed by atoms with Gasteiger partial charge in [-0.2, -0.15) is 0 Å². The molecular formula is C52H81NO12. The fraction of sp³-hybridized carbons (Fsp3) is 0.750. The SMILES string of the molecule is CO[C@H]1C[C@@H]2CC[C@@H](C)[C@@](O)(O2)C(=O)C(=O)N2CCCC[C@H]2C(=O)O[C@H]([C@H](C)C[C@@H]2CC[C@H](C)[C@H](OC)C2)CC(=O)C(C)=CC(C)[C@@H](O)[C@@H](OC)C(=O)[C@@H](C)C[C@H](C)C=CC=CC=C1C. The molecule has 65 heavy (non-hydrogen) atoms. The van der Waals surface area contributed by atoms with Crippen LogP contribution >= 0.6 is 0 Å². The molecule has 1 unspecified atom stereocenters. The van der Waals surface area contributed by atoms with E-state index in [1.165, 1.54) is 12.0 Å². The summed E-state index contributed by atoms with van der Waals surface area (Å²) in [5.74, 6) is -7.06. The molecule has 15 atom stereocenters. The van der Waals surface area contributed by atoms with E-state index < -0.39 is 77.8 Å². The molecule has 2 saturated heterocycles. The van der Waals surface area contributed by atoms with Gasteiger partial charge in [0, 0.05) is 58.5 Å². The number of rotatable bonds is 6. The number of methoxy groups -OCH3 is 3. The monoisotopic (exact) mass is 912 g/mol. The first-order chi connectivity index (χ1) is 30.7. The number of cyclic esters (lactones) is 1. The first kappa shape index (κ1) is 54.3. The van der Waals surface area contributed by atoms with Crippen molar-refractivity contribution in [3.05, 3.63) is 47.6 Å². The highest BCUT2D eigenvalue weighted by molar-refractivity contribution is 6.39. The molecule has 0 aromatic heterocycles. The third kappa shape index (κ3) is 14.3. The average molecular weight is 912 g/mol. The number of piperidine rings is 1. The molecule has 4 rings (SSSR count). The molecule has 0 aromatic rings. The maximum Gasteiger partial charge on any atom is 0.329 e. The van der Waals surface area contributed by atoms with Crippen LogP contribution in [0.25, 0.3) is 0 Å². The number of carbonyl (C=O) groups is 5. The zero-order chi connectivity index (χ0) is 48.2. The number of aliphatic hydroxyl groups is 2. The number of hydrogen-bond acceptors (Lipinski definition) is 12. The summed E-state index contributed by atoms with van der Waals surface area (Å²) in [4.78, 5) is 71.9. The van der Waals surface area contributed by atoms with E-state index in [2.05, 4.69) is 6.92 Å². The zero-order valence-electron chi connectivity index (χ0n) is 41.2. The molecule has 2 N–H and O–H groups in total. The van der Waals surface area contributed by atoms with Gasteiger partial charge in [0.05, 0.1) is 24.4 Å². The average Bonchev–Trinajstić information content (AvgIpc) is 3.28. The summed E-state index contributed by atoms with van der Waals surface area (Å²) in [5, 5.41) is 23.4. The van der Waals surface area contributed by atoms with Gasteiger partial charge in [0.25, 0.3) is 11.7 Å². The molecule has 4 aliphatic rings. The second kappa shape index (κ2) is 25.2. The first-order valence-corrected chi connectivity index (χ1v) is 24.2. The number of ketones is 3. The van der Waals surface area contributed by atoms with Crippen LogP contribution in [0.15, 0.2) is 47.6 Å². The number of ether oxygens (including phenoxy) is 5. The van der Waals surface area contributed by atoms with Crippen LogP contribution < -0.4 is 0 Å². The molecule has 3 aliphatic heterocycles. The third-order valence-electron chi connectivity index (χ3n) is 14.9. The van der Waals surface area contributed by atoms with Crippen LogP contribution in [-0.2, 0) is 47.7 Å². The molecule has 0 spiro atoms. The van der Waals surface area contributed by atoms with Gasteiger partial charge in [-0.3, -0.25) is 19.2 Å². The van der Waals surface area contributed by atoms with Crippen LogP contribution in [0.5, 0.6) is 0 Å². The van der Waals surface area contributed by atoms with Crippen molar-refractivity contribution < 1.29 is 57.9 Å². The number of carbonyl (C=O) groups excluding carboxylic acids is 5. The fourth-order valence-electron chi connectivity index (χ4n) is 10.4. The lowest BCUT2D eigenvalue weighted by atomic mass is 9.76. The van der Waals surface area contributed by atoms with Crippen LogP contribution in [0.1, 0.15) is 132 Å². The Balaban J connectivity index is 1.70. The highest BCUT2D eigenvalue weighted by atomic mass is 16.6. The second-order valence-electron chi connectivity index (χ2n) is 20.0. The largest absolute Gasteiger partial charge is 0.460 e. The Morgan fingerprint density at radius 1 is 0.862 bits per heavy atom. The maximum atomic E-state index is 14.4. The summed E-state index contributed by atoms with van der Waals surface area (Å²) in [5.41, 5.74) is 1.23. The van der Waals surface area contributed by atoms with Crippen LogP contribution in [0.4, 0.5) is 0 Å². The Bertz CT molecular complexity index is 1750.